The minimum Gasteiger partial charge on any atom is -0.504 e. The quantitative estimate of drug-likeness (QED) is 0.439. The first-order valence-corrected chi connectivity index (χ1v) is 2.59. The molecule has 0 aliphatic rings. The molecule has 0 aromatic heterocycles. The maximum atomic E-state index is 8.79. The van der Waals surface area contributed by atoms with Gasteiger partial charge in [0.05, 0.1) is 0 Å². The average molecular weight is 126 g/mol. The third-order valence-corrected chi connectivity index (χ3v) is 0.812. The smallest absolute Gasteiger partial charge is 0.157 e. The molecule has 0 unspecified atom stereocenters. The van der Waals surface area contributed by atoms with Crippen LogP contribution < -0.4 is 0 Å². The summed E-state index contributed by atoms with van der Waals surface area (Å²) in [5.74, 6) is -0.289. The first-order chi connectivity index (χ1) is 4.22. The molecule has 2 N–H and O–H groups in total. The molecule has 0 saturated heterocycles. The number of rotatable bonds is 2. The molecular weight excluding hydrogens is 116 g/mol. The van der Waals surface area contributed by atoms with Crippen molar-refractivity contribution in [3.05, 3.63) is 36.3 Å². The van der Waals surface area contributed by atoms with Gasteiger partial charge in [-0.2, -0.15) is 0 Å². The predicted molar refractivity (Wildman–Crippen MR) is 37.3 cm³/mol. The van der Waals surface area contributed by atoms with Gasteiger partial charge in [-0.15, -0.1) is 0 Å². The fourth-order valence-electron chi connectivity index (χ4n) is 0.345. The molecule has 9 heavy (non-hydrogen) atoms. The Morgan fingerprint density at radius 2 is 1.89 bits per heavy atom. The van der Waals surface area contributed by atoms with Crippen LogP contribution in [0, 0.1) is 0 Å². The normalized spacial score (nSPS) is 13.4. The van der Waals surface area contributed by atoms with Gasteiger partial charge in [0.15, 0.2) is 11.5 Å². The van der Waals surface area contributed by atoms with Crippen molar-refractivity contribution in [2.75, 3.05) is 0 Å². The Balaban J connectivity index is 4.19. The molecule has 0 bridgehead atoms. The van der Waals surface area contributed by atoms with E-state index in [1.165, 1.54) is 18.2 Å². The van der Waals surface area contributed by atoms with Gasteiger partial charge in [-0.3, -0.25) is 0 Å². The van der Waals surface area contributed by atoms with Crippen molar-refractivity contribution in [2.24, 2.45) is 0 Å². The van der Waals surface area contributed by atoms with E-state index in [1.54, 1.807) is 6.92 Å². The first kappa shape index (κ1) is 7.82. The minimum absolute atomic E-state index is 0.130. The lowest BCUT2D eigenvalue weighted by atomic mass is 10.3. The Morgan fingerprint density at radius 3 is 2.22 bits per heavy atom. The van der Waals surface area contributed by atoms with E-state index in [-0.39, 0.29) is 11.5 Å². The summed E-state index contributed by atoms with van der Waals surface area (Å²) >= 11 is 0. The summed E-state index contributed by atoms with van der Waals surface area (Å²) in [5, 5.41) is 17.5. The zero-order chi connectivity index (χ0) is 7.28. The van der Waals surface area contributed by atoms with Gasteiger partial charge >= 0.3 is 0 Å². The van der Waals surface area contributed by atoms with Gasteiger partial charge in [-0.25, -0.2) is 0 Å². The van der Waals surface area contributed by atoms with Crippen LogP contribution in [0.2, 0.25) is 0 Å². The lowest BCUT2D eigenvalue weighted by Gasteiger charge is -1.93. The van der Waals surface area contributed by atoms with Crippen molar-refractivity contribution >= 4 is 0 Å². The van der Waals surface area contributed by atoms with E-state index in [4.69, 9.17) is 10.2 Å². The monoisotopic (exact) mass is 126 g/mol. The van der Waals surface area contributed by atoms with Gasteiger partial charge in [0.1, 0.15) is 0 Å². The maximum Gasteiger partial charge on any atom is 0.157 e. The molecule has 0 atom stereocenters. The minimum atomic E-state index is -0.160. The second kappa shape index (κ2) is 3.78. The topological polar surface area (TPSA) is 40.5 Å². The number of hydrogen-bond donors (Lipinski definition) is 2. The van der Waals surface area contributed by atoms with E-state index in [1.807, 2.05) is 0 Å². The highest BCUT2D eigenvalue weighted by Crippen LogP contribution is 2.00. The second-order valence-corrected chi connectivity index (χ2v) is 1.46. The standard InChI is InChI=1S/C7H10O2/c1-3-5-7(9)6(8)4-2/h3-5,8-9H,1H2,2H3/b6-4+,7-5+. The van der Waals surface area contributed by atoms with Gasteiger partial charge in [-0.05, 0) is 19.1 Å². The van der Waals surface area contributed by atoms with E-state index in [2.05, 4.69) is 6.58 Å². The summed E-state index contributed by atoms with van der Waals surface area (Å²) < 4.78 is 0. The van der Waals surface area contributed by atoms with Gasteiger partial charge in [0.25, 0.3) is 0 Å². The van der Waals surface area contributed by atoms with Crippen LogP contribution in [0.25, 0.3) is 0 Å². The SMILES string of the molecule is C=C/C=C(O)\C(O)=C/C. The van der Waals surface area contributed by atoms with Crippen LogP contribution in [0.3, 0.4) is 0 Å². The molecule has 0 aliphatic carbocycles. The molecule has 0 aromatic carbocycles. The molecular formula is C7H10O2. The fraction of sp³-hybridized carbons (Fsp3) is 0.143. The molecule has 0 saturated carbocycles. The van der Waals surface area contributed by atoms with E-state index in [9.17, 15) is 0 Å². The Hall–Kier alpha value is -1.18. The average Bonchev–Trinajstić information content (AvgIpc) is 1.87. The molecule has 0 radical (unpaired) electrons. The van der Waals surface area contributed by atoms with Crippen LogP contribution in [-0.4, -0.2) is 10.2 Å². The van der Waals surface area contributed by atoms with Crippen molar-refractivity contribution in [1.29, 1.82) is 0 Å². The molecule has 0 fully saturated rings. The highest BCUT2D eigenvalue weighted by atomic mass is 16.3. The summed E-state index contributed by atoms with van der Waals surface area (Å²) in [7, 11) is 0. The summed E-state index contributed by atoms with van der Waals surface area (Å²) in [6, 6.07) is 0. The van der Waals surface area contributed by atoms with Gasteiger partial charge in [0, 0.05) is 0 Å². The predicted octanol–water partition coefficient (Wildman–Crippen LogP) is 2.08. The maximum absolute atomic E-state index is 8.79. The van der Waals surface area contributed by atoms with Crippen molar-refractivity contribution < 1.29 is 10.2 Å². The van der Waals surface area contributed by atoms with Gasteiger partial charge < -0.3 is 10.2 Å². The van der Waals surface area contributed by atoms with Crippen molar-refractivity contribution in [3.8, 4) is 0 Å². The lowest BCUT2D eigenvalue weighted by molar-refractivity contribution is 0.326. The summed E-state index contributed by atoms with van der Waals surface area (Å²) in [6.45, 7) is 4.97. The zero-order valence-electron chi connectivity index (χ0n) is 5.33. The van der Waals surface area contributed by atoms with Crippen LogP contribution in [-0.2, 0) is 0 Å². The molecule has 0 rings (SSSR count). The van der Waals surface area contributed by atoms with Gasteiger partial charge in [0.2, 0.25) is 0 Å². The van der Waals surface area contributed by atoms with Crippen LogP contribution >= 0.6 is 0 Å². The van der Waals surface area contributed by atoms with Crippen molar-refractivity contribution in [1.82, 2.24) is 0 Å². The van der Waals surface area contributed by atoms with Crippen LogP contribution in [0.4, 0.5) is 0 Å². The lowest BCUT2D eigenvalue weighted by Crippen LogP contribution is -1.84. The van der Waals surface area contributed by atoms with E-state index < -0.39 is 0 Å². The van der Waals surface area contributed by atoms with E-state index >= 15 is 0 Å². The Kier molecular flexibility index (Phi) is 3.28. The molecule has 0 aromatic rings. The second-order valence-electron chi connectivity index (χ2n) is 1.46. The fourth-order valence-corrected chi connectivity index (χ4v) is 0.345. The third kappa shape index (κ3) is 2.59. The van der Waals surface area contributed by atoms with Crippen LogP contribution in [0.1, 0.15) is 6.92 Å². The highest BCUT2D eigenvalue weighted by molar-refractivity contribution is 5.20. The Bertz CT molecular complexity index is 154. The number of aliphatic hydroxyl groups excluding tert-OH is 2. The zero-order valence-corrected chi connectivity index (χ0v) is 5.33. The number of allylic oxidation sites excluding steroid dienone is 3. The number of hydrogen-bond acceptors (Lipinski definition) is 2. The molecule has 0 aliphatic heterocycles. The van der Waals surface area contributed by atoms with Crippen molar-refractivity contribution in [3.63, 3.8) is 0 Å². The molecule has 0 heterocycles. The largest absolute Gasteiger partial charge is 0.504 e. The molecule has 0 spiro atoms. The third-order valence-electron chi connectivity index (χ3n) is 0.812. The molecule has 0 amide bonds. The Morgan fingerprint density at radius 1 is 1.33 bits per heavy atom. The van der Waals surface area contributed by atoms with E-state index in [0.717, 1.165) is 0 Å². The molecule has 2 nitrogen and oxygen atoms in total. The van der Waals surface area contributed by atoms with Gasteiger partial charge in [-0.1, -0.05) is 12.7 Å². The Labute approximate surface area is 54.4 Å². The summed E-state index contributed by atoms with van der Waals surface area (Å²) in [4.78, 5) is 0. The number of aliphatic hydroxyl groups is 2. The highest BCUT2D eigenvalue weighted by Gasteiger charge is 1.93. The summed E-state index contributed by atoms with van der Waals surface area (Å²) in [6.07, 6.45) is 4.11. The molecule has 50 valence electrons. The molecule has 2 heteroatoms. The van der Waals surface area contributed by atoms with E-state index in [0.29, 0.717) is 0 Å². The van der Waals surface area contributed by atoms with Crippen molar-refractivity contribution in [2.45, 2.75) is 6.92 Å². The summed E-state index contributed by atoms with van der Waals surface area (Å²) in [5.41, 5.74) is 0. The first-order valence-electron chi connectivity index (χ1n) is 2.59. The van der Waals surface area contributed by atoms with Crippen LogP contribution in [0.15, 0.2) is 36.3 Å². The van der Waals surface area contributed by atoms with Crippen LogP contribution in [0.5, 0.6) is 0 Å².